The zero-order chi connectivity index (χ0) is 9.56. The number of hydrogen-bond donors (Lipinski definition) is 1. The molecule has 0 saturated carbocycles. The Bertz CT molecular complexity index is 164. The number of aliphatic hydroxyl groups excluding tert-OH is 1. The standard InChI is InChI=1S/C8H14O4/c1-6(9)5-8(11)3-4-12-7(2)10/h8,11H,3-5H2,1-2H3. The maximum absolute atomic E-state index is 10.5. The summed E-state index contributed by atoms with van der Waals surface area (Å²) in [5, 5.41) is 9.12. The normalized spacial score (nSPS) is 12.2. The number of esters is 1. The van der Waals surface area contributed by atoms with Crippen molar-refractivity contribution in [1.82, 2.24) is 0 Å². The van der Waals surface area contributed by atoms with Crippen LogP contribution in [0.15, 0.2) is 0 Å². The van der Waals surface area contributed by atoms with Crippen LogP contribution in [0.4, 0.5) is 0 Å². The summed E-state index contributed by atoms with van der Waals surface area (Å²) in [4.78, 5) is 20.8. The van der Waals surface area contributed by atoms with Gasteiger partial charge in [-0.25, -0.2) is 0 Å². The van der Waals surface area contributed by atoms with Crippen LogP contribution in [-0.2, 0) is 14.3 Å². The molecule has 0 rings (SSSR count). The van der Waals surface area contributed by atoms with Gasteiger partial charge in [0.1, 0.15) is 5.78 Å². The second-order valence-electron chi connectivity index (χ2n) is 2.69. The smallest absolute Gasteiger partial charge is 0.302 e. The van der Waals surface area contributed by atoms with Crippen molar-refractivity contribution in [3.63, 3.8) is 0 Å². The van der Waals surface area contributed by atoms with Crippen LogP contribution in [0.5, 0.6) is 0 Å². The molecule has 0 spiro atoms. The third-order valence-electron chi connectivity index (χ3n) is 1.28. The fraction of sp³-hybridized carbons (Fsp3) is 0.750. The lowest BCUT2D eigenvalue weighted by Gasteiger charge is -2.07. The molecule has 4 nitrogen and oxygen atoms in total. The largest absolute Gasteiger partial charge is 0.466 e. The van der Waals surface area contributed by atoms with Crippen LogP contribution >= 0.6 is 0 Å². The van der Waals surface area contributed by atoms with E-state index in [9.17, 15) is 9.59 Å². The topological polar surface area (TPSA) is 63.6 Å². The lowest BCUT2D eigenvalue weighted by atomic mass is 10.1. The average Bonchev–Trinajstić information content (AvgIpc) is 1.84. The number of rotatable bonds is 5. The van der Waals surface area contributed by atoms with E-state index < -0.39 is 6.10 Å². The third kappa shape index (κ3) is 7.21. The lowest BCUT2D eigenvalue weighted by molar-refractivity contribution is -0.141. The summed E-state index contributed by atoms with van der Waals surface area (Å²) in [6.45, 7) is 2.89. The Morgan fingerprint density at radius 3 is 2.42 bits per heavy atom. The first kappa shape index (κ1) is 11.1. The van der Waals surface area contributed by atoms with E-state index in [0.29, 0.717) is 6.42 Å². The molecule has 0 radical (unpaired) electrons. The molecule has 0 aromatic rings. The minimum Gasteiger partial charge on any atom is -0.466 e. The minimum atomic E-state index is -0.693. The lowest BCUT2D eigenvalue weighted by Crippen LogP contribution is -2.15. The predicted molar refractivity (Wildman–Crippen MR) is 42.6 cm³/mol. The first-order chi connectivity index (χ1) is 5.52. The number of ether oxygens (including phenoxy) is 1. The fourth-order valence-corrected chi connectivity index (χ4v) is 0.773. The quantitative estimate of drug-likeness (QED) is 0.608. The van der Waals surface area contributed by atoms with E-state index >= 15 is 0 Å². The molecule has 0 aromatic heterocycles. The van der Waals surface area contributed by atoms with Gasteiger partial charge < -0.3 is 9.84 Å². The number of carbonyl (C=O) groups excluding carboxylic acids is 2. The molecule has 1 unspecified atom stereocenters. The molecular weight excluding hydrogens is 160 g/mol. The van der Waals surface area contributed by atoms with Crippen molar-refractivity contribution in [2.75, 3.05) is 6.61 Å². The molecule has 0 aliphatic heterocycles. The summed E-state index contributed by atoms with van der Waals surface area (Å²) in [6, 6.07) is 0. The van der Waals surface area contributed by atoms with Crippen LogP contribution in [0, 0.1) is 0 Å². The van der Waals surface area contributed by atoms with E-state index in [4.69, 9.17) is 5.11 Å². The second kappa shape index (κ2) is 5.71. The van der Waals surface area contributed by atoms with Crippen molar-refractivity contribution in [2.45, 2.75) is 32.8 Å². The molecule has 1 N–H and O–H groups in total. The Balaban J connectivity index is 3.37. The van der Waals surface area contributed by atoms with Gasteiger partial charge in [0.05, 0.1) is 12.7 Å². The van der Waals surface area contributed by atoms with Gasteiger partial charge in [-0.15, -0.1) is 0 Å². The second-order valence-corrected chi connectivity index (χ2v) is 2.69. The van der Waals surface area contributed by atoms with Crippen LogP contribution in [0.1, 0.15) is 26.7 Å². The number of Topliss-reactive ketones (excluding diaryl/α,β-unsaturated/α-hetero) is 1. The Hall–Kier alpha value is -0.900. The highest BCUT2D eigenvalue weighted by Crippen LogP contribution is 1.98. The van der Waals surface area contributed by atoms with Gasteiger partial charge in [0.25, 0.3) is 0 Å². The van der Waals surface area contributed by atoms with Crippen LogP contribution in [0.25, 0.3) is 0 Å². The van der Waals surface area contributed by atoms with Crippen molar-refractivity contribution in [2.24, 2.45) is 0 Å². The van der Waals surface area contributed by atoms with Gasteiger partial charge in [0, 0.05) is 19.8 Å². The van der Waals surface area contributed by atoms with Crippen LogP contribution in [0.2, 0.25) is 0 Å². The zero-order valence-corrected chi connectivity index (χ0v) is 7.37. The van der Waals surface area contributed by atoms with E-state index in [1.54, 1.807) is 0 Å². The van der Waals surface area contributed by atoms with E-state index in [1.165, 1.54) is 13.8 Å². The van der Waals surface area contributed by atoms with E-state index in [2.05, 4.69) is 4.74 Å². The highest BCUT2D eigenvalue weighted by molar-refractivity contribution is 5.75. The monoisotopic (exact) mass is 174 g/mol. The first-order valence-corrected chi connectivity index (χ1v) is 3.83. The van der Waals surface area contributed by atoms with Gasteiger partial charge >= 0.3 is 5.97 Å². The van der Waals surface area contributed by atoms with Gasteiger partial charge in [0.2, 0.25) is 0 Å². The van der Waals surface area contributed by atoms with E-state index in [0.717, 1.165) is 0 Å². The average molecular weight is 174 g/mol. The molecule has 12 heavy (non-hydrogen) atoms. The highest BCUT2D eigenvalue weighted by atomic mass is 16.5. The van der Waals surface area contributed by atoms with E-state index in [1.807, 2.05) is 0 Å². The van der Waals surface area contributed by atoms with Gasteiger partial charge in [-0.1, -0.05) is 0 Å². The van der Waals surface area contributed by atoms with E-state index in [-0.39, 0.29) is 24.8 Å². The zero-order valence-electron chi connectivity index (χ0n) is 7.37. The van der Waals surface area contributed by atoms with Crippen LogP contribution in [-0.4, -0.2) is 29.6 Å². The summed E-state index contributed by atoms with van der Waals surface area (Å²) < 4.78 is 4.58. The molecule has 0 saturated heterocycles. The van der Waals surface area contributed by atoms with Crippen molar-refractivity contribution in [1.29, 1.82) is 0 Å². The molecule has 4 heteroatoms. The number of hydrogen-bond acceptors (Lipinski definition) is 4. The van der Waals surface area contributed by atoms with Crippen molar-refractivity contribution < 1.29 is 19.4 Å². The summed E-state index contributed by atoms with van der Waals surface area (Å²) in [5.41, 5.74) is 0. The summed E-state index contributed by atoms with van der Waals surface area (Å²) in [6.07, 6.45) is -0.248. The first-order valence-electron chi connectivity index (χ1n) is 3.83. The minimum absolute atomic E-state index is 0.0645. The summed E-state index contributed by atoms with van der Waals surface area (Å²) >= 11 is 0. The molecule has 0 amide bonds. The predicted octanol–water partition coefficient (Wildman–Crippen LogP) is 0.280. The molecule has 0 heterocycles. The fourth-order valence-electron chi connectivity index (χ4n) is 0.773. The van der Waals surface area contributed by atoms with Crippen molar-refractivity contribution >= 4 is 11.8 Å². The summed E-state index contributed by atoms with van der Waals surface area (Å²) in [5.74, 6) is -0.435. The molecule has 0 bridgehead atoms. The Morgan fingerprint density at radius 1 is 1.42 bits per heavy atom. The van der Waals surface area contributed by atoms with Gasteiger partial charge in [-0.2, -0.15) is 0 Å². The number of carbonyl (C=O) groups is 2. The third-order valence-corrected chi connectivity index (χ3v) is 1.28. The Morgan fingerprint density at radius 2 is 2.00 bits per heavy atom. The Kier molecular flexibility index (Phi) is 5.28. The van der Waals surface area contributed by atoms with Crippen molar-refractivity contribution in [3.8, 4) is 0 Å². The summed E-state index contributed by atoms with van der Waals surface area (Å²) in [7, 11) is 0. The van der Waals surface area contributed by atoms with Crippen molar-refractivity contribution in [3.05, 3.63) is 0 Å². The maximum Gasteiger partial charge on any atom is 0.302 e. The Labute approximate surface area is 71.5 Å². The van der Waals surface area contributed by atoms with Gasteiger partial charge in [0.15, 0.2) is 0 Å². The van der Waals surface area contributed by atoms with Gasteiger partial charge in [-0.3, -0.25) is 9.59 Å². The molecular formula is C8H14O4. The van der Waals surface area contributed by atoms with Crippen LogP contribution in [0.3, 0.4) is 0 Å². The van der Waals surface area contributed by atoms with Gasteiger partial charge in [-0.05, 0) is 6.92 Å². The highest BCUT2D eigenvalue weighted by Gasteiger charge is 2.07. The molecule has 1 atom stereocenters. The SMILES string of the molecule is CC(=O)CC(O)CCOC(C)=O. The molecule has 0 aliphatic carbocycles. The molecule has 0 fully saturated rings. The number of ketones is 1. The number of aliphatic hydroxyl groups is 1. The molecule has 70 valence electrons. The molecule has 0 aliphatic rings. The molecule has 0 aromatic carbocycles. The maximum atomic E-state index is 10.5. The van der Waals surface area contributed by atoms with Crippen LogP contribution < -0.4 is 0 Å².